The van der Waals surface area contributed by atoms with E-state index in [1.807, 2.05) is 0 Å². The van der Waals surface area contributed by atoms with E-state index in [0.29, 0.717) is 5.56 Å². The van der Waals surface area contributed by atoms with Gasteiger partial charge in [-0.05, 0) is 31.4 Å². The fraction of sp³-hybridized carbons (Fsp3) is 0.500. The third-order valence-electron chi connectivity index (χ3n) is 3.26. The first-order chi connectivity index (χ1) is 9.09. The first kappa shape index (κ1) is 17.3. The highest BCUT2D eigenvalue weighted by Gasteiger charge is 2.49. The molecule has 6 nitrogen and oxygen atoms in total. The van der Waals surface area contributed by atoms with Gasteiger partial charge in [-0.1, -0.05) is 32.0 Å². The summed E-state index contributed by atoms with van der Waals surface area (Å²) in [7, 11) is -8.99. The second-order valence-corrected chi connectivity index (χ2v) is 7.92. The minimum Gasteiger partial charge on any atom is -0.322 e. The highest BCUT2D eigenvalue weighted by molar-refractivity contribution is 7.87. The summed E-state index contributed by atoms with van der Waals surface area (Å²) in [4.78, 5) is 18.8. The third kappa shape index (κ3) is 3.30. The van der Waals surface area contributed by atoms with E-state index in [9.17, 15) is 22.8 Å². The monoisotopic (exact) mass is 322 g/mol. The second-order valence-electron chi connectivity index (χ2n) is 4.50. The molecule has 0 fully saturated rings. The van der Waals surface area contributed by atoms with E-state index in [1.54, 1.807) is 19.1 Å². The largest absolute Gasteiger partial charge is 0.358 e. The molecule has 0 radical (unpaired) electrons. The van der Waals surface area contributed by atoms with Crippen molar-refractivity contribution in [1.29, 1.82) is 0 Å². The summed E-state index contributed by atoms with van der Waals surface area (Å²) in [5.41, 5.74) is 0.458. The zero-order chi connectivity index (χ0) is 15.6. The molecule has 0 bridgehead atoms. The number of benzene rings is 1. The molecule has 114 valence electrons. The zero-order valence-corrected chi connectivity index (χ0v) is 13.3. The zero-order valence-electron chi connectivity index (χ0n) is 11.6. The van der Waals surface area contributed by atoms with Crippen LogP contribution in [-0.4, -0.2) is 23.5 Å². The van der Waals surface area contributed by atoms with Gasteiger partial charge in [0.1, 0.15) is 0 Å². The van der Waals surface area contributed by atoms with Crippen LogP contribution >= 0.6 is 7.60 Å². The fourth-order valence-electron chi connectivity index (χ4n) is 1.91. The summed E-state index contributed by atoms with van der Waals surface area (Å²) >= 11 is 0. The summed E-state index contributed by atoms with van der Waals surface area (Å²) in [5.74, 6) is 0. The summed E-state index contributed by atoms with van der Waals surface area (Å²) in [5, 5.41) is -2.02. The van der Waals surface area contributed by atoms with E-state index in [-0.39, 0.29) is 17.7 Å². The number of aryl methyl sites for hydroxylation is 1. The maximum Gasteiger partial charge on any atom is 0.358 e. The standard InChI is InChI=1S/C12H19O6PS/c1-4-12(5-2,19(13,14)15)18-20(16,17)11-9-7-6-8-10(11)3/h6-9H,4-5H2,1-3H3,(H2,13,14,15). The van der Waals surface area contributed by atoms with Crippen molar-refractivity contribution >= 4 is 17.7 Å². The Labute approximate surface area is 119 Å². The Morgan fingerprint density at radius 3 is 2.10 bits per heavy atom. The minimum absolute atomic E-state index is 0.0836. The lowest BCUT2D eigenvalue weighted by molar-refractivity contribution is 0.115. The highest BCUT2D eigenvalue weighted by atomic mass is 32.2. The van der Waals surface area contributed by atoms with Crippen LogP contribution in [0.5, 0.6) is 0 Å². The van der Waals surface area contributed by atoms with Gasteiger partial charge in [0.15, 0.2) is 5.34 Å². The normalized spacial score (nSPS) is 13.4. The van der Waals surface area contributed by atoms with E-state index in [0.717, 1.165) is 0 Å². The minimum atomic E-state index is -4.74. The molecule has 0 amide bonds. The molecule has 0 spiro atoms. The lowest BCUT2D eigenvalue weighted by atomic mass is 10.2. The van der Waals surface area contributed by atoms with Crippen molar-refractivity contribution in [3.63, 3.8) is 0 Å². The average Bonchev–Trinajstić information content (AvgIpc) is 2.35. The Morgan fingerprint density at radius 2 is 1.70 bits per heavy atom. The van der Waals surface area contributed by atoms with Crippen LogP contribution in [0.2, 0.25) is 0 Å². The van der Waals surface area contributed by atoms with Crippen molar-refractivity contribution in [1.82, 2.24) is 0 Å². The van der Waals surface area contributed by atoms with Gasteiger partial charge in [-0.3, -0.25) is 4.57 Å². The molecule has 1 aromatic rings. The Balaban J connectivity index is 3.31. The molecule has 0 atom stereocenters. The molecule has 2 N–H and O–H groups in total. The number of rotatable bonds is 6. The SMILES string of the molecule is CCC(CC)(OS(=O)(=O)c1ccccc1C)P(=O)(O)O. The number of hydrogen-bond acceptors (Lipinski definition) is 4. The second kappa shape index (κ2) is 5.95. The summed E-state index contributed by atoms with van der Waals surface area (Å²) in [6, 6.07) is 6.14. The third-order valence-corrected chi connectivity index (χ3v) is 6.71. The van der Waals surface area contributed by atoms with Crippen LogP contribution < -0.4 is 0 Å². The van der Waals surface area contributed by atoms with Gasteiger partial charge in [0, 0.05) is 0 Å². The predicted octanol–water partition coefficient (Wildman–Crippen LogP) is 2.39. The molecule has 0 aliphatic carbocycles. The molecular formula is C12H19O6PS. The van der Waals surface area contributed by atoms with Crippen LogP contribution in [0.15, 0.2) is 29.2 Å². The average molecular weight is 322 g/mol. The molecule has 20 heavy (non-hydrogen) atoms. The molecule has 1 rings (SSSR count). The molecule has 0 heterocycles. The lowest BCUT2D eigenvalue weighted by Gasteiger charge is -2.31. The smallest absolute Gasteiger partial charge is 0.322 e. The van der Waals surface area contributed by atoms with Crippen LogP contribution in [-0.2, 0) is 18.9 Å². The molecule has 1 aromatic carbocycles. The van der Waals surface area contributed by atoms with E-state index in [2.05, 4.69) is 0 Å². The first-order valence-electron chi connectivity index (χ1n) is 6.16. The van der Waals surface area contributed by atoms with E-state index in [1.165, 1.54) is 26.0 Å². The molecular weight excluding hydrogens is 303 g/mol. The molecule has 0 saturated carbocycles. The fourth-order valence-corrected chi connectivity index (χ4v) is 4.86. The van der Waals surface area contributed by atoms with Crippen LogP contribution in [0.3, 0.4) is 0 Å². The van der Waals surface area contributed by atoms with Gasteiger partial charge in [0.2, 0.25) is 0 Å². The van der Waals surface area contributed by atoms with Gasteiger partial charge in [-0.15, -0.1) is 0 Å². The Hall–Kier alpha value is -0.720. The quantitative estimate of drug-likeness (QED) is 0.616. The van der Waals surface area contributed by atoms with Gasteiger partial charge >= 0.3 is 7.60 Å². The van der Waals surface area contributed by atoms with Crippen molar-refractivity contribution in [3.05, 3.63) is 29.8 Å². The van der Waals surface area contributed by atoms with Gasteiger partial charge in [-0.25, -0.2) is 4.18 Å². The van der Waals surface area contributed by atoms with Crippen LogP contribution in [0.25, 0.3) is 0 Å². The van der Waals surface area contributed by atoms with Gasteiger partial charge in [0.05, 0.1) is 4.90 Å². The predicted molar refractivity (Wildman–Crippen MR) is 74.8 cm³/mol. The van der Waals surface area contributed by atoms with Crippen molar-refractivity contribution in [3.8, 4) is 0 Å². The van der Waals surface area contributed by atoms with Gasteiger partial charge < -0.3 is 9.79 Å². The summed E-state index contributed by atoms with van der Waals surface area (Å²) < 4.78 is 41.1. The lowest BCUT2D eigenvalue weighted by Crippen LogP contribution is -2.34. The molecule has 0 saturated heterocycles. The van der Waals surface area contributed by atoms with E-state index < -0.39 is 23.1 Å². The van der Waals surface area contributed by atoms with Crippen LogP contribution in [0.4, 0.5) is 0 Å². The topological polar surface area (TPSA) is 101 Å². The molecule has 0 aliphatic rings. The van der Waals surface area contributed by atoms with Crippen molar-refractivity contribution < 1.29 is 27.0 Å². The maximum atomic E-state index is 12.3. The Kier molecular flexibility index (Phi) is 5.16. The maximum absolute atomic E-state index is 12.3. The molecule has 0 unspecified atom stereocenters. The Bertz CT molecular complexity index is 615. The Morgan fingerprint density at radius 1 is 1.20 bits per heavy atom. The van der Waals surface area contributed by atoms with Gasteiger partial charge in [-0.2, -0.15) is 8.42 Å². The van der Waals surface area contributed by atoms with Crippen molar-refractivity contribution in [2.45, 2.75) is 43.9 Å². The van der Waals surface area contributed by atoms with Crippen LogP contribution in [0, 0.1) is 6.92 Å². The van der Waals surface area contributed by atoms with Crippen molar-refractivity contribution in [2.24, 2.45) is 0 Å². The van der Waals surface area contributed by atoms with E-state index >= 15 is 0 Å². The molecule has 0 aromatic heterocycles. The van der Waals surface area contributed by atoms with Crippen molar-refractivity contribution in [2.75, 3.05) is 0 Å². The van der Waals surface area contributed by atoms with Gasteiger partial charge in [0.25, 0.3) is 10.1 Å². The molecule has 8 heteroatoms. The number of hydrogen-bond donors (Lipinski definition) is 2. The first-order valence-corrected chi connectivity index (χ1v) is 9.18. The van der Waals surface area contributed by atoms with E-state index in [4.69, 9.17) is 4.18 Å². The summed E-state index contributed by atoms with van der Waals surface area (Å²) in [6.07, 6.45) is -0.224. The summed E-state index contributed by atoms with van der Waals surface area (Å²) in [6.45, 7) is 4.55. The highest BCUT2D eigenvalue weighted by Crippen LogP contribution is 2.56. The van der Waals surface area contributed by atoms with Crippen LogP contribution in [0.1, 0.15) is 32.3 Å². The molecule has 0 aliphatic heterocycles.